The zero-order chi connectivity index (χ0) is 13.2. The Morgan fingerprint density at radius 3 is 2.94 bits per heavy atom. The minimum atomic E-state index is -3.12. The van der Waals surface area contributed by atoms with Gasteiger partial charge in [0, 0.05) is 11.6 Å². The van der Waals surface area contributed by atoms with Crippen LogP contribution in [-0.4, -0.2) is 43.3 Å². The van der Waals surface area contributed by atoms with Gasteiger partial charge < -0.3 is 10.1 Å². The maximum Gasteiger partial charge on any atom is 0.376 e. The van der Waals surface area contributed by atoms with Crippen LogP contribution in [0, 0.1) is 0 Å². The average molecular weight is 269 g/mol. The van der Waals surface area contributed by atoms with Crippen LogP contribution in [0.15, 0.2) is 23.7 Å². The van der Waals surface area contributed by atoms with Crippen LogP contribution in [0.4, 0.5) is 5.82 Å². The number of carbonyl (C=O) groups excluding carboxylic acids is 1. The summed E-state index contributed by atoms with van der Waals surface area (Å²) in [6.45, 7) is 0. The summed E-state index contributed by atoms with van der Waals surface area (Å²) in [6.07, 6.45) is 2.93. The molecule has 1 aliphatic rings. The van der Waals surface area contributed by atoms with Gasteiger partial charge in [0.1, 0.15) is 5.82 Å². The van der Waals surface area contributed by atoms with Gasteiger partial charge in [-0.2, -0.15) is 0 Å². The van der Waals surface area contributed by atoms with E-state index in [1.54, 1.807) is 6.07 Å². The van der Waals surface area contributed by atoms with Crippen LogP contribution in [0.5, 0.6) is 0 Å². The third kappa shape index (κ3) is 2.83. The molecule has 0 saturated carbocycles. The van der Waals surface area contributed by atoms with E-state index in [2.05, 4.69) is 20.0 Å². The fourth-order valence-corrected chi connectivity index (χ4v) is 2.72. The maximum atomic E-state index is 11.2. The number of sulfone groups is 1. The largest absolute Gasteiger partial charge is 0.463 e. The molecular formula is C10H11N3O4S. The monoisotopic (exact) mass is 269 g/mol. The number of carbonyl (C=O) groups is 1. The normalized spacial score (nSPS) is 20.6. The van der Waals surface area contributed by atoms with E-state index in [0.29, 0.717) is 5.82 Å². The van der Waals surface area contributed by atoms with Crippen molar-refractivity contribution in [1.29, 1.82) is 0 Å². The molecule has 18 heavy (non-hydrogen) atoms. The number of methoxy groups -OCH3 is 1. The molecule has 1 atom stereocenters. The third-order valence-electron chi connectivity index (χ3n) is 2.29. The molecule has 1 aliphatic heterocycles. The van der Waals surface area contributed by atoms with Crippen LogP contribution < -0.4 is 5.32 Å². The number of hydrogen-bond donors (Lipinski definition) is 1. The van der Waals surface area contributed by atoms with E-state index in [4.69, 9.17) is 0 Å². The Hall–Kier alpha value is -1.96. The third-order valence-corrected chi connectivity index (χ3v) is 3.68. The lowest BCUT2D eigenvalue weighted by atomic mass is 10.3. The van der Waals surface area contributed by atoms with Gasteiger partial charge >= 0.3 is 5.97 Å². The quantitative estimate of drug-likeness (QED) is 0.770. The van der Waals surface area contributed by atoms with Gasteiger partial charge in [0.15, 0.2) is 9.84 Å². The van der Waals surface area contributed by atoms with Crippen LogP contribution in [0.1, 0.15) is 10.6 Å². The van der Waals surface area contributed by atoms with Crippen molar-refractivity contribution in [2.75, 3.05) is 18.2 Å². The second kappa shape index (κ2) is 4.73. The second-order valence-electron chi connectivity index (χ2n) is 3.67. The highest BCUT2D eigenvalue weighted by Crippen LogP contribution is 2.13. The topological polar surface area (TPSA) is 98.2 Å². The molecule has 1 unspecified atom stereocenters. The molecule has 96 valence electrons. The summed E-state index contributed by atoms with van der Waals surface area (Å²) in [7, 11) is -1.89. The summed E-state index contributed by atoms with van der Waals surface area (Å²) < 4.78 is 26.9. The van der Waals surface area contributed by atoms with Crippen LogP contribution in [0.25, 0.3) is 0 Å². The first-order valence-corrected chi connectivity index (χ1v) is 6.80. The van der Waals surface area contributed by atoms with Crippen molar-refractivity contribution in [3.8, 4) is 0 Å². The zero-order valence-corrected chi connectivity index (χ0v) is 10.3. The molecular weight excluding hydrogens is 258 g/mol. The SMILES string of the molecule is COC(=O)c1nccc(NC2C=CS(=O)(=O)C2)n1. The minimum Gasteiger partial charge on any atom is -0.463 e. The average Bonchev–Trinajstić information content (AvgIpc) is 2.68. The summed E-state index contributed by atoms with van der Waals surface area (Å²) >= 11 is 0. The van der Waals surface area contributed by atoms with Crippen molar-refractivity contribution in [3.63, 3.8) is 0 Å². The molecule has 0 bridgehead atoms. The van der Waals surface area contributed by atoms with E-state index >= 15 is 0 Å². The lowest BCUT2D eigenvalue weighted by molar-refractivity contribution is 0.0587. The second-order valence-corrected chi connectivity index (χ2v) is 5.60. The lowest BCUT2D eigenvalue weighted by Crippen LogP contribution is -2.22. The van der Waals surface area contributed by atoms with Crippen LogP contribution in [-0.2, 0) is 14.6 Å². The first-order valence-electron chi connectivity index (χ1n) is 5.09. The maximum absolute atomic E-state index is 11.2. The first-order chi connectivity index (χ1) is 8.50. The first kappa shape index (κ1) is 12.5. The summed E-state index contributed by atoms with van der Waals surface area (Å²) in [5.74, 6) is -0.373. The molecule has 8 heteroatoms. The van der Waals surface area contributed by atoms with Crippen molar-refractivity contribution < 1.29 is 17.9 Å². The standard InChI is InChI=1S/C10H11N3O4S/c1-17-10(14)9-11-4-2-8(13-9)12-7-3-5-18(15,16)6-7/h2-5,7H,6H2,1H3,(H,11,12,13). The minimum absolute atomic E-state index is 0.0233. The van der Waals surface area contributed by atoms with Crippen molar-refractivity contribution in [2.24, 2.45) is 0 Å². The fraction of sp³-hybridized carbons (Fsp3) is 0.300. The van der Waals surface area contributed by atoms with E-state index in [1.807, 2.05) is 0 Å². The van der Waals surface area contributed by atoms with Gasteiger partial charge in [0.05, 0.1) is 18.9 Å². The van der Waals surface area contributed by atoms with Crippen LogP contribution in [0.2, 0.25) is 0 Å². The molecule has 0 fully saturated rings. The van der Waals surface area contributed by atoms with E-state index in [-0.39, 0.29) is 17.6 Å². The Labute approximate surface area is 104 Å². The smallest absolute Gasteiger partial charge is 0.376 e. The predicted molar refractivity (Wildman–Crippen MR) is 63.7 cm³/mol. The summed E-state index contributed by atoms with van der Waals surface area (Å²) in [5.41, 5.74) is 0. The highest BCUT2D eigenvalue weighted by Gasteiger charge is 2.22. The molecule has 0 aromatic carbocycles. The Morgan fingerprint density at radius 2 is 2.33 bits per heavy atom. The predicted octanol–water partition coefficient (Wildman–Crippen LogP) is -0.0142. The molecule has 1 aromatic heterocycles. The van der Waals surface area contributed by atoms with E-state index in [0.717, 1.165) is 5.41 Å². The van der Waals surface area contributed by atoms with E-state index in [9.17, 15) is 13.2 Å². The molecule has 0 aliphatic carbocycles. The van der Waals surface area contributed by atoms with Gasteiger partial charge in [-0.3, -0.25) is 0 Å². The summed E-state index contributed by atoms with van der Waals surface area (Å²) in [6, 6.07) is 1.20. The molecule has 2 rings (SSSR count). The fourth-order valence-electron chi connectivity index (χ4n) is 1.48. The van der Waals surface area contributed by atoms with Crippen molar-refractivity contribution >= 4 is 21.6 Å². The van der Waals surface area contributed by atoms with Gasteiger partial charge in [-0.1, -0.05) is 0 Å². The van der Waals surface area contributed by atoms with Gasteiger partial charge in [0.25, 0.3) is 0 Å². The van der Waals surface area contributed by atoms with Crippen molar-refractivity contribution in [1.82, 2.24) is 9.97 Å². The molecule has 0 spiro atoms. The van der Waals surface area contributed by atoms with Crippen molar-refractivity contribution in [3.05, 3.63) is 29.6 Å². The molecule has 0 radical (unpaired) electrons. The van der Waals surface area contributed by atoms with Gasteiger partial charge in [-0.05, 0) is 12.1 Å². The highest BCUT2D eigenvalue weighted by atomic mass is 32.2. The van der Waals surface area contributed by atoms with Crippen LogP contribution in [0.3, 0.4) is 0 Å². The summed E-state index contributed by atoms with van der Waals surface area (Å²) in [5, 5.41) is 4.05. The Bertz CT molecular complexity index is 597. The number of hydrogen-bond acceptors (Lipinski definition) is 7. The number of nitrogens with one attached hydrogen (secondary N) is 1. The number of rotatable bonds is 3. The zero-order valence-electron chi connectivity index (χ0n) is 9.53. The van der Waals surface area contributed by atoms with Crippen LogP contribution >= 0.6 is 0 Å². The van der Waals surface area contributed by atoms with Gasteiger partial charge in [0.2, 0.25) is 5.82 Å². The molecule has 7 nitrogen and oxygen atoms in total. The highest BCUT2D eigenvalue weighted by molar-refractivity contribution is 7.94. The van der Waals surface area contributed by atoms with Gasteiger partial charge in [-0.25, -0.2) is 23.2 Å². The number of esters is 1. The lowest BCUT2D eigenvalue weighted by Gasteiger charge is -2.10. The number of anilines is 1. The summed E-state index contributed by atoms with van der Waals surface area (Å²) in [4.78, 5) is 18.9. The molecule has 1 aromatic rings. The Kier molecular flexibility index (Phi) is 3.28. The number of ether oxygens (including phenoxy) is 1. The molecule has 0 saturated heterocycles. The molecule has 1 N–H and O–H groups in total. The molecule has 0 amide bonds. The molecule has 2 heterocycles. The van der Waals surface area contributed by atoms with Gasteiger partial charge in [-0.15, -0.1) is 0 Å². The Morgan fingerprint density at radius 1 is 1.56 bits per heavy atom. The Balaban J connectivity index is 2.11. The van der Waals surface area contributed by atoms with Crippen molar-refractivity contribution in [2.45, 2.75) is 6.04 Å². The number of nitrogens with zero attached hydrogens (tertiary/aromatic N) is 2. The van der Waals surface area contributed by atoms with E-state index in [1.165, 1.54) is 19.4 Å². The van der Waals surface area contributed by atoms with E-state index < -0.39 is 15.8 Å². The number of aromatic nitrogens is 2.